The Kier molecular flexibility index (Phi) is 5.15. The number of ether oxygens (including phenoxy) is 2. The number of rotatable bonds is 3. The van der Waals surface area contributed by atoms with Crippen molar-refractivity contribution < 1.29 is 14.3 Å². The van der Waals surface area contributed by atoms with E-state index in [1.807, 2.05) is 11.8 Å². The molecule has 0 unspecified atom stereocenters. The van der Waals surface area contributed by atoms with Gasteiger partial charge in [0.1, 0.15) is 0 Å². The first-order valence-corrected chi connectivity index (χ1v) is 8.11. The molecule has 2 fully saturated rings. The first-order valence-electron chi connectivity index (χ1n) is 8.11. The number of carbonyl (C=O) groups is 1. The molecule has 2 rings (SSSR count). The molecule has 21 heavy (non-hydrogen) atoms. The molecule has 5 heteroatoms. The molecular formula is C16H30N2O3. The lowest BCUT2D eigenvalue weighted by molar-refractivity contribution is -0.189. The third kappa shape index (κ3) is 4.58. The molecule has 2 heterocycles. The van der Waals surface area contributed by atoms with Gasteiger partial charge in [-0.25, -0.2) is 4.79 Å². The number of nitrogens with one attached hydrogen (secondary N) is 1. The summed E-state index contributed by atoms with van der Waals surface area (Å²) in [5, 5.41) is 3.04. The van der Waals surface area contributed by atoms with Crippen molar-refractivity contribution in [2.45, 2.75) is 52.7 Å². The summed E-state index contributed by atoms with van der Waals surface area (Å²) < 4.78 is 11.5. The average molecular weight is 298 g/mol. The van der Waals surface area contributed by atoms with Crippen molar-refractivity contribution in [1.29, 1.82) is 0 Å². The summed E-state index contributed by atoms with van der Waals surface area (Å²) >= 11 is 0. The van der Waals surface area contributed by atoms with Crippen molar-refractivity contribution in [2.75, 3.05) is 32.8 Å². The predicted octanol–water partition coefficient (Wildman–Crippen LogP) is 2.61. The molecule has 2 amide bonds. The zero-order valence-corrected chi connectivity index (χ0v) is 13.9. The Morgan fingerprint density at radius 1 is 1.33 bits per heavy atom. The molecule has 1 N–H and O–H groups in total. The van der Waals surface area contributed by atoms with Gasteiger partial charge in [0.25, 0.3) is 0 Å². The SMILES string of the molecule is CC(C)(C)CCNC(=O)N1CCC[C@H](C2(C)OCCO2)C1. The summed E-state index contributed by atoms with van der Waals surface area (Å²) in [6.07, 6.45) is 3.06. The van der Waals surface area contributed by atoms with E-state index in [0.717, 1.165) is 38.9 Å². The van der Waals surface area contributed by atoms with Crippen molar-refractivity contribution in [3.8, 4) is 0 Å². The molecule has 0 aliphatic carbocycles. The summed E-state index contributed by atoms with van der Waals surface area (Å²) in [7, 11) is 0. The van der Waals surface area contributed by atoms with Gasteiger partial charge in [0, 0.05) is 25.6 Å². The standard InChI is InChI=1S/C16H30N2O3/c1-15(2,3)7-8-17-14(19)18-9-5-6-13(12-18)16(4)20-10-11-21-16/h13H,5-12H2,1-4H3,(H,17,19)/t13-/m0/s1. The lowest BCUT2D eigenvalue weighted by Gasteiger charge is -2.39. The van der Waals surface area contributed by atoms with Gasteiger partial charge in [0.05, 0.1) is 13.2 Å². The number of carbonyl (C=O) groups excluding carboxylic acids is 1. The Morgan fingerprint density at radius 3 is 2.62 bits per heavy atom. The molecular weight excluding hydrogens is 268 g/mol. The number of hydrogen-bond donors (Lipinski definition) is 1. The number of urea groups is 1. The molecule has 0 aromatic carbocycles. The lowest BCUT2D eigenvalue weighted by Crippen LogP contribution is -2.51. The van der Waals surface area contributed by atoms with Crippen molar-refractivity contribution in [2.24, 2.45) is 11.3 Å². The zero-order valence-electron chi connectivity index (χ0n) is 13.9. The van der Waals surface area contributed by atoms with Gasteiger partial charge in [-0.15, -0.1) is 0 Å². The molecule has 0 saturated carbocycles. The van der Waals surface area contributed by atoms with Crippen LogP contribution in [0.15, 0.2) is 0 Å². The summed E-state index contributed by atoms with van der Waals surface area (Å²) in [5.74, 6) is -0.244. The predicted molar refractivity (Wildman–Crippen MR) is 82.1 cm³/mol. The Balaban J connectivity index is 1.81. The molecule has 2 saturated heterocycles. The highest BCUT2D eigenvalue weighted by atomic mass is 16.7. The smallest absolute Gasteiger partial charge is 0.317 e. The topological polar surface area (TPSA) is 50.8 Å². The number of nitrogens with zero attached hydrogens (tertiary/aromatic N) is 1. The van der Waals surface area contributed by atoms with Crippen LogP contribution in [0, 0.1) is 11.3 Å². The Hall–Kier alpha value is -0.810. The van der Waals surface area contributed by atoms with E-state index in [9.17, 15) is 4.79 Å². The fourth-order valence-corrected chi connectivity index (χ4v) is 3.01. The molecule has 0 bridgehead atoms. The third-order valence-corrected chi connectivity index (χ3v) is 4.46. The highest BCUT2D eigenvalue weighted by Crippen LogP contribution is 2.34. The second-order valence-electron chi connectivity index (χ2n) is 7.54. The second-order valence-corrected chi connectivity index (χ2v) is 7.54. The van der Waals surface area contributed by atoms with Gasteiger partial charge in [-0.2, -0.15) is 0 Å². The maximum absolute atomic E-state index is 12.3. The van der Waals surface area contributed by atoms with Crippen LogP contribution in [-0.2, 0) is 9.47 Å². The van der Waals surface area contributed by atoms with E-state index >= 15 is 0 Å². The van der Waals surface area contributed by atoms with E-state index in [1.165, 1.54) is 0 Å². The maximum Gasteiger partial charge on any atom is 0.317 e. The van der Waals surface area contributed by atoms with E-state index in [0.29, 0.717) is 13.2 Å². The quantitative estimate of drug-likeness (QED) is 0.871. The highest BCUT2D eigenvalue weighted by molar-refractivity contribution is 5.74. The second kappa shape index (κ2) is 6.53. The summed E-state index contributed by atoms with van der Waals surface area (Å²) in [5.41, 5.74) is 0.247. The minimum absolute atomic E-state index is 0.0468. The third-order valence-electron chi connectivity index (χ3n) is 4.46. The molecule has 0 aromatic heterocycles. The fourth-order valence-electron chi connectivity index (χ4n) is 3.01. The monoisotopic (exact) mass is 298 g/mol. The minimum atomic E-state index is -0.510. The first kappa shape index (κ1) is 16.6. The lowest BCUT2D eigenvalue weighted by atomic mass is 9.90. The largest absolute Gasteiger partial charge is 0.347 e. The maximum atomic E-state index is 12.3. The molecule has 122 valence electrons. The normalized spacial score (nSPS) is 25.9. The van der Waals surface area contributed by atoms with Gasteiger partial charge >= 0.3 is 6.03 Å². The Labute approximate surface area is 128 Å². The summed E-state index contributed by atoms with van der Waals surface area (Å²) in [6.45, 7) is 12.2. The van der Waals surface area contributed by atoms with Gasteiger partial charge in [0.15, 0.2) is 5.79 Å². The molecule has 5 nitrogen and oxygen atoms in total. The molecule has 1 atom stereocenters. The summed E-state index contributed by atoms with van der Waals surface area (Å²) in [4.78, 5) is 14.2. The Morgan fingerprint density at radius 2 is 2.00 bits per heavy atom. The van der Waals surface area contributed by atoms with Crippen LogP contribution >= 0.6 is 0 Å². The van der Waals surface area contributed by atoms with Crippen molar-refractivity contribution in [3.63, 3.8) is 0 Å². The van der Waals surface area contributed by atoms with Crippen molar-refractivity contribution in [3.05, 3.63) is 0 Å². The molecule has 0 aromatic rings. The van der Waals surface area contributed by atoms with Gasteiger partial charge in [0.2, 0.25) is 0 Å². The van der Waals surface area contributed by atoms with Gasteiger partial charge < -0.3 is 19.7 Å². The van der Waals surface area contributed by atoms with Crippen LogP contribution in [0.2, 0.25) is 0 Å². The number of piperidine rings is 1. The van der Waals surface area contributed by atoms with E-state index in [2.05, 4.69) is 26.1 Å². The van der Waals surface area contributed by atoms with Crippen molar-refractivity contribution in [1.82, 2.24) is 10.2 Å². The van der Waals surface area contributed by atoms with Gasteiger partial charge in [-0.05, 0) is 31.6 Å². The van der Waals surface area contributed by atoms with Crippen LogP contribution in [0.4, 0.5) is 4.79 Å². The van der Waals surface area contributed by atoms with Crippen LogP contribution < -0.4 is 5.32 Å². The van der Waals surface area contributed by atoms with Crippen molar-refractivity contribution >= 4 is 6.03 Å². The van der Waals surface area contributed by atoms with E-state index < -0.39 is 5.79 Å². The Bertz CT molecular complexity index is 359. The van der Waals surface area contributed by atoms with Crippen LogP contribution in [0.3, 0.4) is 0 Å². The number of likely N-dealkylation sites (tertiary alicyclic amines) is 1. The van der Waals surface area contributed by atoms with E-state index in [4.69, 9.17) is 9.47 Å². The minimum Gasteiger partial charge on any atom is -0.347 e. The summed E-state index contributed by atoms with van der Waals surface area (Å²) in [6, 6.07) is 0.0468. The van der Waals surface area contributed by atoms with E-state index in [-0.39, 0.29) is 17.4 Å². The molecule has 0 spiro atoms. The molecule has 0 radical (unpaired) electrons. The molecule has 2 aliphatic rings. The van der Waals surface area contributed by atoms with E-state index in [1.54, 1.807) is 0 Å². The average Bonchev–Trinajstić information content (AvgIpc) is 2.86. The number of hydrogen-bond acceptors (Lipinski definition) is 3. The van der Waals surface area contributed by atoms with Gasteiger partial charge in [-0.3, -0.25) is 0 Å². The number of amides is 2. The van der Waals surface area contributed by atoms with Crippen LogP contribution in [0.5, 0.6) is 0 Å². The zero-order chi connectivity index (χ0) is 15.5. The van der Waals surface area contributed by atoms with Crippen LogP contribution in [-0.4, -0.2) is 49.6 Å². The van der Waals surface area contributed by atoms with Gasteiger partial charge in [-0.1, -0.05) is 20.8 Å². The first-order chi connectivity index (χ1) is 9.80. The fraction of sp³-hybridized carbons (Fsp3) is 0.938. The van der Waals surface area contributed by atoms with Crippen LogP contribution in [0.25, 0.3) is 0 Å². The highest BCUT2D eigenvalue weighted by Gasteiger charge is 2.42. The van der Waals surface area contributed by atoms with Crippen LogP contribution in [0.1, 0.15) is 47.0 Å². The molecule has 2 aliphatic heterocycles.